The van der Waals surface area contributed by atoms with E-state index in [9.17, 15) is 8.42 Å². The van der Waals surface area contributed by atoms with E-state index in [0.29, 0.717) is 0 Å². The SMILES string of the molecule is CCc1ccc2c(c1)CC(C)N2S(C)(=O)=O. The van der Waals surface area contributed by atoms with E-state index in [0.717, 1.165) is 24.1 Å². The van der Waals surface area contributed by atoms with E-state index in [1.165, 1.54) is 16.1 Å². The number of rotatable bonds is 2. The van der Waals surface area contributed by atoms with Crippen molar-refractivity contribution in [2.24, 2.45) is 0 Å². The van der Waals surface area contributed by atoms with Gasteiger partial charge in [-0.1, -0.05) is 19.1 Å². The number of fused-ring (bicyclic) bond motifs is 1. The van der Waals surface area contributed by atoms with Crippen LogP contribution in [0.15, 0.2) is 18.2 Å². The summed E-state index contributed by atoms with van der Waals surface area (Å²) in [6.07, 6.45) is 3.07. The smallest absolute Gasteiger partial charge is 0.232 e. The molecule has 1 heterocycles. The maximum absolute atomic E-state index is 11.7. The van der Waals surface area contributed by atoms with Gasteiger partial charge < -0.3 is 0 Å². The van der Waals surface area contributed by atoms with Gasteiger partial charge in [0.05, 0.1) is 11.9 Å². The van der Waals surface area contributed by atoms with Gasteiger partial charge in [0.2, 0.25) is 10.0 Å². The number of benzene rings is 1. The second kappa shape index (κ2) is 3.77. The van der Waals surface area contributed by atoms with E-state index in [4.69, 9.17) is 0 Å². The average Bonchev–Trinajstić information content (AvgIpc) is 2.51. The first-order valence-electron chi connectivity index (χ1n) is 5.54. The molecule has 0 amide bonds. The standard InChI is InChI=1S/C12H17NO2S/c1-4-10-5-6-12-11(8-10)7-9(2)13(12)16(3,14)15/h5-6,8-9H,4,7H2,1-3H3. The molecule has 1 atom stereocenters. The summed E-state index contributed by atoms with van der Waals surface area (Å²) in [5.41, 5.74) is 3.27. The fourth-order valence-corrected chi connectivity index (χ4v) is 3.65. The molecule has 0 aromatic heterocycles. The maximum atomic E-state index is 11.7. The van der Waals surface area contributed by atoms with Crippen LogP contribution >= 0.6 is 0 Å². The zero-order valence-electron chi connectivity index (χ0n) is 9.90. The molecule has 0 aliphatic carbocycles. The molecule has 0 N–H and O–H groups in total. The van der Waals surface area contributed by atoms with E-state index >= 15 is 0 Å². The third kappa shape index (κ3) is 1.82. The van der Waals surface area contributed by atoms with Gasteiger partial charge in [-0.15, -0.1) is 0 Å². The first-order chi connectivity index (χ1) is 7.43. The lowest BCUT2D eigenvalue weighted by Gasteiger charge is -2.21. The highest BCUT2D eigenvalue weighted by Gasteiger charge is 2.32. The summed E-state index contributed by atoms with van der Waals surface area (Å²) in [5.74, 6) is 0. The minimum Gasteiger partial charge on any atom is -0.267 e. The van der Waals surface area contributed by atoms with Crippen LogP contribution in [-0.4, -0.2) is 20.7 Å². The Balaban J connectivity index is 2.51. The van der Waals surface area contributed by atoms with Gasteiger partial charge in [0.15, 0.2) is 0 Å². The molecule has 1 aromatic carbocycles. The van der Waals surface area contributed by atoms with Crippen molar-refractivity contribution in [2.75, 3.05) is 10.6 Å². The van der Waals surface area contributed by atoms with Crippen molar-refractivity contribution in [2.45, 2.75) is 32.7 Å². The molecular formula is C12H17NO2S. The Morgan fingerprint density at radius 3 is 2.69 bits per heavy atom. The van der Waals surface area contributed by atoms with Gasteiger partial charge in [-0.05, 0) is 37.0 Å². The summed E-state index contributed by atoms with van der Waals surface area (Å²) in [5, 5.41) is 0. The molecule has 1 unspecified atom stereocenters. The lowest BCUT2D eigenvalue weighted by atomic mass is 10.1. The third-order valence-corrected chi connectivity index (χ3v) is 4.33. The lowest BCUT2D eigenvalue weighted by Crippen LogP contribution is -2.34. The number of nitrogens with zero attached hydrogens (tertiary/aromatic N) is 1. The number of aryl methyl sites for hydroxylation is 1. The molecule has 0 spiro atoms. The zero-order valence-corrected chi connectivity index (χ0v) is 10.7. The van der Waals surface area contributed by atoms with Crippen LogP contribution in [0, 0.1) is 0 Å². The first kappa shape index (κ1) is 11.5. The summed E-state index contributed by atoms with van der Waals surface area (Å²) in [4.78, 5) is 0. The normalized spacial score (nSPS) is 19.9. The number of hydrogen-bond acceptors (Lipinski definition) is 2. The Bertz CT molecular complexity index is 508. The maximum Gasteiger partial charge on any atom is 0.232 e. The van der Waals surface area contributed by atoms with Crippen LogP contribution in [0.4, 0.5) is 5.69 Å². The molecule has 1 aliphatic heterocycles. The minimum atomic E-state index is -3.15. The Labute approximate surface area is 97.1 Å². The molecule has 0 radical (unpaired) electrons. The Kier molecular flexibility index (Phi) is 2.70. The van der Waals surface area contributed by atoms with Crippen LogP contribution in [0.5, 0.6) is 0 Å². The second-order valence-corrected chi connectivity index (χ2v) is 6.29. The first-order valence-corrected chi connectivity index (χ1v) is 7.39. The lowest BCUT2D eigenvalue weighted by molar-refractivity contribution is 0.590. The van der Waals surface area contributed by atoms with Crippen molar-refractivity contribution in [3.05, 3.63) is 29.3 Å². The van der Waals surface area contributed by atoms with Crippen LogP contribution in [0.25, 0.3) is 0 Å². The van der Waals surface area contributed by atoms with Gasteiger partial charge in [0.1, 0.15) is 0 Å². The van der Waals surface area contributed by atoms with Crippen molar-refractivity contribution in [1.29, 1.82) is 0 Å². The third-order valence-electron chi connectivity index (χ3n) is 3.06. The van der Waals surface area contributed by atoms with Gasteiger partial charge >= 0.3 is 0 Å². The van der Waals surface area contributed by atoms with Gasteiger partial charge in [0.25, 0.3) is 0 Å². The molecular weight excluding hydrogens is 222 g/mol. The van der Waals surface area contributed by atoms with Gasteiger partial charge in [0, 0.05) is 6.04 Å². The van der Waals surface area contributed by atoms with E-state index in [1.807, 2.05) is 19.1 Å². The number of hydrogen-bond donors (Lipinski definition) is 0. The number of anilines is 1. The summed E-state index contributed by atoms with van der Waals surface area (Å²) in [6, 6.07) is 6.10. The van der Waals surface area contributed by atoms with Crippen molar-refractivity contribution in [3.63, 3.8) is 0 Å². The van der Waals surface area contributed by atoms with Gasteiger partial charge in [-0.25, -0.2) is 8.42 Å². The van der Waals surface area contributed by atoms with Crippen molar-refractivity contribution in [3.8, 4) is 0 Å². The van der Waals surface area contributed by atoms with E-state index < -0.39 is 10.0 Å². The molecule has 1 aromatic rings. The summed E-state index contributed by atoms with van der Waals surface area (Å²) in [6.45, 7) is 4.06. The van der Waals surface area contributed by atoms with Crippen molar-refractivity contribution in [1.82, 2.24) is 0 Å². The zero-order chi connectivity index (χ0) is 11.9. The summed E-state index contributed by atoms with van der Waals surface area (Å²) in [7, 11) is -3.15. The van der Waals surface area contributed by atoms with Crippen LogP contribution in [0.3, 0.4) is 0 Å². The largest absolute Gasteiger partial charge is 0.267 e. The number of sulfonamides is 1. The summed E-state index contributed by atoms with van der Waals surface area (Å²) >= 11 is 0. The monoisotopic (exact) mass is 239 g/mol. The van der Waals surface area contributed by atoms with E-state index in [2.05, 4.69) is 13.0 Å². The minimum absolute atomic E-state index is 0.0390. The molecule has 1 aliphatic rings. The topological polar surface area (TPSA) is 37.4 Å². The van der Waals surface area contributed by atoms with Crippen molar-refractivity contribution >= 4 is 15.7 Å². The Morgan fingerprint density at radius 1 is 1.44 bits per heavy atom. The highest BCUT2D eigenvalue weighted by molar-refractivity contribution is 7.92. The quantitative estimate of drug-likeness (QED) is 0.791. The highest BCUT2D eigenvalue weighted by atomic mass is 32.2. The fourth-order valence-electron chi connectivity index (χ4n) is 2.38. The molecule has 0 saturated carbocycles. The molecule has 0 saturated heterocycles. The summed E-state index contributed by atoms with van der Waals surface area (Å²) < 4.78 is 24.9. The fraction of sp³-hybridized carbons (Fsp3) is 0.500. The average molecular weight is 239 g/mol. The molecule has 3 nitrogen and oxygen atoms in total. The highest BCUT2D eigenvalue weighted by Crippen LogP contribution is 2.34. The van der Waals surface area contributed by atoms with Crippen molar-refractivity contribution < 1.29 is 8.42 Å². The van der Waals surface area contributed by atoms with E-state index in [1.54, 1.807) is 0 Å². The van der Waals surface area contributed by atoms with Crippen LogP contribution in [0.1, 0.15) is 25.0 Å². The van der Waals surface area contributed by atoms with Gasteiger partial charge in [-0.3, -0.25) is 4.31 Å². The Morgan fingerprint density at radius 2 is 2.12 bits per heavy atom. The second-order valence-electron chi connectivity index (χ2n) is 4.43. The Hall–Kier alpha value is -1.03. The van der Waals surface area contributed by atoms with Gasteiger partial charge in [-0.2, -0.15) is 0 Å². The van der Waals surface area contributed by atoms with Crippen LogP contribution in [-0.2, 0) is 22.9 Å². The van der Waals surface area contributed by atoms with Crippen LogP contribution in [0.2, 0.25) is 0 Å². The van der Waals surface area contributed by atoms with E-state index in [-0.39, 0.29) is 6.04 Å². The van der Waals surface area contributed by atoms with Crippen LogP contribution < -0.4 is 4.31 Å². The molecule has 4 heteroatoms. The molecule has 16 heavy (non-hydrogen) atoms. The molecule has 0 fully saturated rings. The predicted octanol–water partition coefficient (Wildman–Crippen LogP) is 1.96. The molecule has 88 valence electrons. The molecule has 0 bridgehead atoms. The predicted molar refractivity (Wildman–Crippen MR) is 66.3 cm³/mol. The molecule has 2 rings (SSSR count).